The van der Waals surface area contributed by atoms with Crippen molar-refractivity contribution in [2.24, 2.45) is 0 Å². The summed E-state index contributed by atoms with van der Waals surface area (Å²) in [5.41, 5.74) is 6.42. The van der Waals surface area contributed by atoms with Gasteiger partial charge in [0.2, 0.25) is 0 Å². The fourth-order valence-corrected chi connectivity index (χ4v) is 2.90. The Kier molecular flexibility index (Phi) is 4.98. The molecule has 4 atom stereocenters. The first-order valence-corrected chi connectivity index (χ1v) is 7.94. The summed E-state index contributed by atoms with van der Waals surface area (Å²) in [5, 5.41) is 20.8. The Morgan fingerprint density at radius 1 is 1.27 bits per heavy atom. The van der Waals surface area contributed by atoms with Gasteiger partial charge in [-0.3, -0.25) is 9.36 Å². The van der Waals surface area contributed by atoms with Crippen LogP contribution in [0.4, 0.5) is 5.82 Å². The van der Waals surface area contributed by atoms with Crippen molar-refractivity contribution < 1.29 is 19.7 Å². The van der Waals surface area contributed by atoms with Crippen LogP contribution in [0.1, 0.15) is 6.23 Å². The summed E-state index contributed by atoms with van der Waals surface area (Å²) in [5.74, 6) is -0.296. The summed E-state index contributed by atoms with van der Waals surface area (Å²) in [4.78, 5) is 26.1. The normalized spacial score (nSPS) is 25.3. The number of nitrogens with zero attached hydrogens (tertiary/aromatic N) is 5. The Morgan fingerprint density at radius 2 is 1.96 bits per heavy atom. The van der Waals surface area contributed by atoms with Crippen molar-refractivity contribution in [3.8, 4) is 0 Å². The summed E-state index contributed by atoms with van der Waals surface area (Å²) in [7, 11) is 0. The second-order valence-corrected chi connectivity index (χ2v) is 5.83. The molecule has 0 spiro atoms. The second-order valence-electron chi connectivity index (χ2n) is 5.83. The van der Waals surface area contributed by atoms with E-state index in [2.05, 4.69) is 28.1 Å². The van der Waals surface area contributed by atoms with E-state index in [-0.39, 0.29) is 18.9 Å². The van der Waals surface area contributed by atoms with Crippen LogP contribution in [0.25, 0.3) is 11.2 Å². The molecule has 0 aromatic carbocycles. The number of nitrogens with two attached hydrogens (primary N) is 1. The molecule has 2 aromatic heterocycles. The molecule has 138 valence electrons. The third-order valence-electron chi connectivity index (χ3n) is 4.15. The number of amides is 1. The van der Waals surface area contributed by atoms with Crippen molar-refractivity contribution in [1.29, 1.82) is 0 Å². The van der Waals surface area contributed by atoms with Crippen molar-refractivity contribution in [3.63, 3.8) is 0 Å². The van der Waals surface area contributed by atoms with Gasteiger partial charge < -0.3 is 25.6 Å². The first kappa shape index (κ1) is 18.0. The SMILES string of the molecule is C=CCN(CC=C)C(=O)[C@H]1OC(n2cnc3c(N)ncnc32)[C@H](O)[C@@H]1O. The minimum absolute atomic E-state index is 0.178. The number of hydrogen-bond donors (Lipinski definition) is 3. The van der Waals surface area contributed by atoms with E-state index in [9.17, 15) is 15.0 Å². The van der Waals surface area contributed by atoms with Crippen LogP contribution in [-0.4, -0.2) is 71.9 Å². The molecule has 1 amide bonds. The van der Waals surface area contributed by atoms with Crippen LogP contribution >= 0.6 is 0 Å². The van der Waals surface area contributed by atoms with Crippen molar-refractivity contribution in [2.45, 2.75) is 24.5 Å². The number of hydrogen-bond acceptors (Lipinski definition) is 8. The molecule has 4 N–H and O–H groups in total. The molecule has 1 unspecified atom stereocenters. The second kappa shape index (κ2) is 7.20. The Balaban J connectivity index is 1.89. The molecule has 0 bridgehead atoms. The van der Waals surface area contributed by atoms with E-state index in [1.165, 1.54) is 22.1 Å². The van der Waals surface area contributed by atoms with Crippen LogP contribution in [0.5, 0.6) is 0 Å². The van der Waals surface area contributed by atoms with Gasteiger partial charge in [-0.25, -0.2) is 15.0 Å². The van der Waals surface area contributed by atoms with Crippen molar-refractivity contribution in [1.82, 2.24) is 24.4 Å². The molecule has 1 saturated heterocycles. The molecule has 0 radical (unpaired) electrons. The van der Waals surface area contributed by atoms with Gasteiger partial charge in [-0.2, -0.15) is 0 Å². The summed E-state index contributed by atoms with van der Waals surface area (Å²) < 4.78 is 7.09. The predicted molar refractivity (Wildman–Crippen MR) is 92.6 cm³/mol. The van der Waals surface area contributed by atoms with E-state index >= 15 is 0 Å². The van der Waals surface area contributed by atoms with E-state index in [4.69, 9.17) is 10.5 Å². The molecule has 1 aliphatic rings. The minimum Gasteiger partial charge on any atom is -0.387 e. The van der Waals surface area contributed by atoms with E-state index in [0.29, 0.717) is 11.2 Å². The van der Waals surface area contributed by atoms with E-state index < -0.39 is 30.4 Å². The molecule has 2 aromatic rings. The van der Waals surface area contributed by atoms with Crippen molar-refractivity contribution in [3.05, 3.63) is 38.0 Å². The molecule has 0 saturated carbocycles. The zero-order chi connectivity index (χ0) is 18.8. The smallest absolute Gasteiger partial charge is 0.255 e. The Labute approximate surface area is 149 Å². The number of fused-ring (bicyclic) bond motifs is 1. The number of nitrogen functional groups attached to an aromatic ring is 1. The topological polar surface area (TPSA) is 140 Å². The maximum atomic E-state index is 12.7. The molecular weight excluding hydrogens is 340 g/mol. The van der Waals surface area contributed by atoms with Gasteiger partial charge in [-0.15, -0.1) is 13.2 Å². The number of rotatable bonds is 6. The third kappa shape index (κ3) is 2.94. The highest BCUT2D eigenvalue weighted by Crippen LogP contribution is 2.32. The highest BCUT2D eigenvalue weighted by Gasteiger charge is 2.48. The highest BCUT2D eigenvalue weighted by molar-refractivity contribution is 5.83. The molecule has 1 aliphatic heterocycles. The summed E-state index contributed by atoms with van der Waals surface area (Å²) >= 11 is 0. The average molecular weight is 360 g/mol. The van der Waals surface area contributed by atoms with E-state index in [0.717, 1.165) is 0 Å². The van der Waals surface area contributed by atoms with Gasteiger partial charge in [0.15, 0.2) is 23.8 Å². The van der Waals surface area contributed by atoms with Gasteiger partial charge in [0.25, 0.3) is 5.91 Å². The number of ether oxygens (including phenoxy) is 1. The van der Waals surface area contributed by atoms with E-state index in [1.807, 2.05) is 0 Å². The monoisotopic (exact) mass is 360 g/mol. The summed E-state index contributed by atoms with van der Waals surface area (Å²) in [6.07, 6.45) is 0.673. The maximum absolute atomic E-state index is 12.7. The number of carbonyl (C=O) groups is 1. The van der Waals surface area contributed by atoms with Crippen molar-refractivity contribution >= 4 is 22.9 Å². The van der Waals surface area contributed by atoms with Crippen LogP contribution < -0.4 is 5.73 Å². The molecule has 1 fully saturated rings. The first-order chi connectivity index (χ1) is 12.5. The predicted octanol–water partition coefficient (Wildman–Crippen LogP) is -0.772. The Hall–Kier alpha value is -2.82. The number of imidazole rings is 1. The number of aromatic nitrogens is 4. The molecule has 3 rings (SSSR count). The van der Waals surface area contributed by atoms with Gasteiger partial charge in [0.05, 0.1) is 6.33 Å². The van der Waals surface area contributed by atoms with Gasteiger partial charge >= 0.3 is 0 Å². The van der Waals surface area contributed by atoms with Gasteiger partial charge in [0.1, 0.15) is 24.1 Å². The summed E-state index contributed by atoms with van der Waals surface area (Å²) in [6.45, 7) is 7.73. The van der Waals surface area contributed by atoms with Crippen LogP contribution in [0, 0.1) is 0 Å². The van der Waals surface area contributed by atoms with Crippen LogP contribution in [0.15, 0.2) is 38.0 Å². The highest BCUT2D eigenvalue weighted by atomic mass is 16.6. The third-order valence-corrected chi connectivity index (χ3v) is 4.15. The Bertz CT molecular complexity index is 827. The average Bonchev–Trinajstić information content (AvgIpc) is 3.17. The quantitative estimate of drug-likeness (QED) is 0.571. The standard InChI is InChI=1S/C16H20N6O4/c1-3-5-21(6-4-2)15(25)12-10(23)11(24)16(26-12)22-8-20-9-13(17)18-7-19-14(9)22/h3-4,7-8,10-12,16,23-24H,1-2,5-6H2,(H2,17,18,19)/t10-,11+,12-,16?/m0/s1. The molecule has 26 heavy (non-hydrogen) atoms. The number of carbonyl (C=O) groups excluding carboxylic acids is 1. The lowest BCUT2D eigenvalue weighted by Crippen LogP contribution is -2.45. The molecular formula is C16H20N6O4. The minimum atomic E-state index is -1.42. The number of aliphatic hydroxyl groups excluding tert-OH is 2. The molecule has 10 heteroatoms. The Morgan fingerprint density at radius 3 is 2.62 bits per heavy atom. The van der Waals surface area contributed by atoms with Crippen LogP contribution in [-0.2, 0) is 9.53 Å². The van der Waals surface area contributed by atoms with E-state index in [1.54, 1.807) is 12.2 Å². The summed E-state index contributed by atoms with van der Waals surface area (Å²) in [6, 6.07) is 0. The van der Waals surface area contributed by atoms with Gasteiger partial charge in [-0.05, 0) is 0 Å². The fraction of sp³-hybridized carbons (Fsp3) is 0.375. The number of aliphatic hydroxyl groups is 2. The van der Waals surface area contributed by atoms with Crippen LogP contribution in [0.2, 0.25) is 0 Å². The molecule has 0 aliphatic carbocycles. The van der Waals surface area contributed by atoms with Gasteiger partial charge in [-0.1, -0.05) is 12.2 Å². The van der Waals surface area contributed by atoms with Gasteiger partial charge in [0, 0.05) is 13.1 Å². The maximum Gasteiger partial charge on any atom is 0.255 e. The lowest BCUT2D eigenvalue weighted by Gasteiger charge is -2.24. The zero-order valence-corrected chi connectivity index (χ0v) is 14.0. The van der Waals surface area contributed by atoms with Crippen LogP contribution in [0.3, 0.4) is 0 Å². The first-order valence-electron chi connectivity index (χ1n) is 7.94. The largest absolute Gasteiger partial charge is 0.387 e. The van der Waals surface area contributed by atoms with Crippen molar-refractivity contribution in [2.75, 3.05) is 18.8 Å². The zero-order valence-electron chi connectivity index (χ0n) is 14.0. The molecule has 10 nitrogen and oxygen atoms in total. The fourth-order valence-electron chi connectivity index (χ4n) is 2.90. The lowest BCUT2D eigenvalue weighted by atomic mass is 10.1. The number of anilines is 1. The molecule has 3 heterocycles. The lowest BCUT2D eigenvalue weighted by molar-refractivity contribution is -0.147.